The summed E-state index contributed by atoms with van der Waals surface area (Å²) in [5.41, 5.74) is 1.33. The van der Waals surface area contributed by atoms with Crippen LogP contribution in [0.4, 0.5) is 5.82 Å². The van der Waals surface area contributed by atoms with Crippen LogP contribution in [0.2, 0.25) is 0 Å². The predicted octanol–water partition coefficient (Wildman–Crippen LogP) is 1.90. The number of likely N-dealkylation sites (tertiary alicyclic amines) is 1. The van der Waals surface area contributed by atoms with Crippen molar-refractivity contribution in [3.05, 3.63) is 23.9 Å². The van der Waals surface area contributed by atoms with Crippen LogP contribution in [-0.2, 0) is 6.54 Å². The normalized spacial score (nSPS) is 17.9. The van der Waals surface area contributed by atoms with Gasteiger partial charge in [-0.05, 0) is 63.6 Å². The molecule has 1 fully saturated rings. The van der Waals surface area contributed by atoms with Crippen molar-refractivity contribution in [1.29, 1.82) is 0 Å². The van der Waals surface area contributed by atoms with Crippen LogP contribution in [0.15, 0.2) is 18.3 Å². The van der Waals surface area contributed by atoms with Gasteiger partial charge < -0.3 is 15.1 Å². The van der Waals surface area contributed by atoms with Crippen LogP contribution in [0, 0.1) is 5.92 Å². The molecule has 4 heteroatoms. The third-order valence-corrected chi connectivity index (χ3v) is 3.94. The van der Waals surface area contributed by atoms with Gasteiger partial charge in [-0.1, -0.05) is 0 Å². The first-order chi connectivity index (χ1) is 9.17. The Bertz CT molecular complexity index is 385. The summed E-state index contributed by atoms with van der Waals surface area (Å²) in [6, 6.07) is 4.23. The van der Waals surface area contributed by atoms with Crippen molar-refractivity contribution < 1.29 is 0 Å². The van der Waals surface area contributed by atoms with Crippen LogP contribution < -0.4 is 5.32 Å². The van der Waals surface area contributed by atoms with E-state index in [1.807, 2.05) is 13.2 Å². The molecule has 0 bridgehead atoms. The maximum absolute atomic E-state index is 4.25. The lowest BCUT2D eigenvalue weighted by atomic mass is 9.96. The van der Waals surface area contributed by atoms with E-state index in [1.165, 1.54) is 38.0 Å². The van der Waals surface area contributed by atoms with Crippen molar-refractivity contribution in [3.63, 3.8) is 0 Å². The van der Waals surface area contributed by atoms with Crippen LogP contribution in [0.3, 0.4) is 0 Å². The van der Waals surface area contributed by atoms with Gasteiger partial charge in [0.05, 0.1) is 0 Å². The molecular formula is C15H26N4. The van der Waals surface area contributed by atoms with Gasteiger partial charge in [-0.15, -0.1) is 0 Å². The standard InChI is InChI=1S/C15H26N4/c1-16-15-10-14(4-7-17-15)12-19(3)11-13-5-8-18(2)9-6-13/h4,7,10,13H,5-6,8-9,11-12H2,1-3H3,(H,16,17). The van der Waals surface area contributed by atoms with Crippen molar-refractivity contribution in [3.8, 4) is 0 Å². The lowest BCUT2D eigenvalue weighted by Crippen LogP contribution is -2.35. The fourth-order valence-corrected chi connectivity index (χ4v) is 2.77. The molecule has 1 aliphatic rings. The SMILES string of the molecule is CNc1cc(CN(C)CC2CCN(C)CC2)ccn1. The Morgan fingerprint density at radius 2 is 2.16 bits per heavy atom. The lowest BCUT2D eigenvalue weighted by molar-refractivity contribution is 0.173. The molecule has 1 aliphatic heterocycles. The fraction of sp³-hybridized carbons (Fsp3) is 0.667. The highest BCUT2D eigenvalue weighted by Gasteiger charge is 2.18. The molecule has 106 valence electrons. The molecular weight excluding hydrogens is 236 g/mol. The maximum atomic E-state index is 4.25. The van der Waals surface area contributed by atoms with Crippen molar-refractivity contribution >= 4 is 5.82 Å². The van der Waals surface area contributed by atoms with E-state index in [9.17, 15) is 0 Å². The number of anilines is 1. The van der Waals surface area contributed by atoms with E-state index in [1.54, 1.807) is 0 Å². The second-order valence-corrected chi connectivity index (χ2v) is 5.74. The molecule has 1 aromatic rings. The van der Waals surface area contributed by atoms with Gasteiger partial charge in [0.2, 0.25) is 0 Å². The van der Waals surface area contributed by atoms with Gasteiger partial charge in [-0.3, -0.25) is 0 Å². The van der Waals surface area contributed by atoms with E-state index >= 15 is 0 Å². The van der Waals surface area contributed by atoms with Crippen molar-refractivity contribution in [2.24, 2.45) is 5.92 Å². The fourth-order valence-electron chi connectivity index (χ4n) is 2.77. The molecule has 0 spiro atoms. The molecule has 19 heavy (non-hydrogen) atoms. The summed E-state index contributed by atoms with van der Waals surface area (Å²) in [4.78, 5) is 9.12. The third kappa shape index (κ3) is 4.48. The van der Waals surface area contributed by atoms with Gasteiger partial charge in [0.25, 0.3) is 0 Å². The lowest BCUT2D eigenvalue weighted by Gasteiger charge is -2.31. The minimum absolute atomic E-state index is 0.854. The van der Waals surface area contributed by atoms with Gasteiger partial charge in [0, 0.05) is 26.3 Å². The molecule has 0 radical (unpaired) electrons. The summed E-state index contributed by atoms with van der Waals surface area (Å²) in [5.74, 6) is 1.80. The number of hydrogen-bond acceptors (Lipinski definition) is 4. The van der Waals surface area contributed by atoms with Gasteiger partial charge in [0.15, 0.2) is 0 Å². The van der Waals surface area contributed by atoms with E-state index in [0.29, 0.717) is 0 Å². The van der Waals surface area contributed by atoms with Crippen LogP contribution in [0.5, 0.6) is 0 Å². The number of rotatable bonds is 5. The molecule has 1 saturated heterocycles. The average molecular weight is 262 g/mol. The molecule has 0 amide bonds. The highest BCUT2D eigenvalue weighted by Crippen LogP contribution is 2.18. The molecule has 0 unspecified atom stereocenters. The smallest absolute Gasteiger partial charge is 0.125 e. The van der Waals surface area contributed by atoms with E-state index < -0.39 is 0 Å². The summed E-state index contributed by atoms with van der Waals surface area (Å²) >= 11 is 0. The molecule has 0 atom stereocenters. The molecule has 0 saturated carbocycles. The minimum Gasteiger partial charge on any atom is -0.373 e. The van der Waals surface area contributed by atoms with Gasteiger partial charge in [-0.25, -0.2) is 4.98 Å². The van der Waals surface area contributed by atoms with Crippen molar-refractivity contribution in [1.82, 2.24) is 14.8 Å². The Morgan fingerprint density at radius 1 is 1.42 bits per heavy atom. The zero-order chi connectivity index (χ0) is 13.7. The first-order valence-corrected chi connectivity index (χ1v) is 7.17. The zero-order valence-corrected chi connectivity index (χ0v) is 12.4. The first-order valence-electron chi connectivity index (χ1n) is 7.17. The van der Waals surface area contributed by atoms with Gasteiger partial charge in [0.1, 0.15) is 5.82 Å². The number of hydrogen-bond donors (Lipinski definition) is 1. The van der Waals surface area contributed by atoms with E-state index in [4.69, 9.17) is 0 Å². The second kappa shape index (κ2) is 6.87. The van der Waals surface area contributed by atoms with Gasteiger partial charge >= 0.3 is 0 Å². The summed E-state index contributed by atoms with van der Waals surface area (Å²) in [6.45, 7) is 4.70. The molecule has 1 aromatic heterocycles. The highest BCUT2D eigenvalue weighted by atomic mass is 15.1. The molecule has 4 nitrogen and oxygen atoms in total. The molecule has 2 rings (SSSR count). The summed E-state index contributed by atoms with van der Waals surface area (Å²) in [7, 11) is 6.35. The van der Waals surface area contributed by atoms with Crippen LogP contribution in [0.1, 0.15) is 18.4 Å². The maximum Gasteiger partial charge on any atom is 0.125 e. The van der Waals surface area contributed by atoms with Crippen molar-refractivity contribution in [2.75, 3.05) is 46.1 Å². The van der Waals surface area contributed by atoms with Crippen LogP contribution >= 0.6 is 0 Å². The zero-order valence-electron chi connectivity index (χ0n) is 12.4. The Morgan fingerprint density at radius 3 is 2.84 bits per heavy atom. The minimum atomic E-state index is 0.854. The third-order valence-electron chi connectivity index (χ3n) is 3.94. The summed E-state index contributed by atoms with van der Waals surface area (Å²) in [5, 5.41) is 3.09. The van der Waals surface area contributed by atoms with E-state index in [-0.39, 0.29) is 0 Å². The number of nitrogens with zero attached hydrogens (tertiary/aromatic N) is 3. The summed E-state index contributed by atoms with van der Waals surface area (Å²) < 4.78 is 0. The number of pyridine rings is 1. The van der Waals surface area contributed by atoms with E-state index in [0.717, 1.165) is 18.3 Å². The topological polar surface area (TPSA) is 31.4 Å². The average Bonchev–Trinajstić information content (AvgIpc) is 2.41. The van der Waals surface area contributed by atoms with Gasteiger partial charge in [-0.2, -0.15) is 0 Å². The quantitative estimate of drug-likeness (QED) is 0.878. The second-order valence-electron chi connectivity index (χ2n) is 5.74. The number of nitrogens with one attached hydrogen (secondary N) is 1. The summed E-state index contributed by atoms with van der Waals surface area (Å²) in [6.07, 6.45) is 4.54. The Hall–Kier alpha value is -1.13. The number of aromatic nitrogens is 1. The Kier molecular flexibility index (Phi) is 5.16. The van der Waals surface area contributed by atoms with Crippen LogP contribution in [0.25, 0.3) is 0 Å². The van der Waals surface area contributed by atoms with E-state index in [2.05, 4.69) is 46.3 Å². The molecule has 1 N–H and O–H groups in total. The largest absolute Gasteiger partial charge is 0.373 e. The molecule has 0 aliphatic carbocycles. The predicted molar refractivity (Wildman–Crippen MR) is 80.3 cm³/mol. The first kappa shape index (κ1) is 14.3. The number of piperidine rings is 1. The Labute approximate surface area is 116 Å². The monoisotopic (exact) mass is 262 g/mol. The highest BCUT2D eigenvalue weighted by molar-refractivity contribution is 5.36. The van der Waals surface area contributed by atoms with Crippen LogP contribution in [-0.4, -0.2) is 55.6 Å². The Balaban J connectivity index is 1.81. The molecule has 0 aromatic carbocycles. The molecule has 2 heterocycles. The van der Waals surface area contributed by atoms with Crippen molar-refractivity contribution in [2.45, 2.75) is 19.4 Å².